The van der Waals surface area contributed by atoms with Gasteiger partial charge in [-0.3, -0.25) is 4.90 Å². The van der Waals surface area contributed by atoms with Gasteiger partial charge in [0.15, 0.2) is 0 Å². The Balaban J connectivity index is 1.46. The van der Waals surface area contributed by atoms with Crippen molar-refractivity contribution in [1.82, 2.24) is 13.5 Å². The SMILES string of the molecule is Cc1c(O)ccc2c(CN3CCN(S(=O)(=O)N4CC(C)OC(C)C4)CC3)cc(=O)oc12. The third-order valence-electron chi connectivity index (χ3n) is 5.98. The van der Waals surface area contributed by atoms with E-state index in [1.165, 1.54) is 14.7 Å². The van der Waals surface area contributed by atoms with Gasteiger partial charge in [-0.15, -0.1) is 0 Å². The first-order valence-corrected chi connectivity index (χ1v) is 11.9. The summed E-state index contributed by atoms with van der Waals surface area (Å²) in [5, 5.41) is 10.7. The summed E-state index contributed by atoms with van der Waals surface area (Å²) in [7, 11) is -3.53. The normalized spacial score (nSPS) is 24.6. The third kappa shape index (κ3) is 4.49. The summed E-state index contributed by atoms with van der Waals surface area (Å²) >= 11 is 0. The van der Waals surface area contributed by atoms with Crippen molar-refractivity contribution in [2.45, 2.75) is 39.5 Å². The highest BCUT2D eigenvalue weighted by Gasteiger charge is 2.36. The van der Waals surface area contributed by atoms with E-state index in [0.717, 1.165) is 10.9 Å². The van der Waals surface area contributed by atoms with Crippen LogP contribution in [0.4, 0.5) is 0 Å². The minimum Gasteiger partial charge on any atom is -0.508 e. The van der Waals surface area contributed by atoms with E-state index in [4.69, 9.17) is 9.15 Å². The van der Waals surface area contributed by atoms with Crippen molar-refractivity contribution in [3.63, 3.8) is 0 Å². The standard InChI is InChI=1S/C21H29N3O6S/c1-14-11-24(12-15(2)29-14)31(27,28)23-8-6-22(7-9-23)13-17-10-20(26)30-21-16(3)19(25)5-4-18(17)21/h4-5,10,14-15,25H,6-9,11-13H2,1-3H3. The van der Waals surface area contributed by atoms with Crippen LogP contribution in [-0.4, -0.2) is 78.5 Å². The second kappa shape index (κ2) is 8.51. The van der Waals surface area contributed by atoms with E-state index in [1.807, 2.05) is 13.8 Å². The summed E-state index contributed by atoms with van der Waals surface area (Å²) in [5.74, 6) is 0.0818. The third-order valence-corrected chi connectivity index (χ3v) is 7.95. The zero-order chi connectivity index (χ0) is 22.3. The highest BCUT2D eigenvalue weighted by Crippen LogP contribution is 2.28. The molecule has 31 heavy (non-hydrogen) atoms. The second-order valence-electron chi connectivity index (χ2n) is 8.43. The lowest BCUT2D eigenvalue weighted by atomic mass is 10.1. The quantitative estimate of drug-likeness (QED) is 0.699. The second-order valence-corrected chi connectivity index (χ2v) is 10.4. The Kier molecular flexibility index (Phi) is 6.10. The minimum absolute atomic E-state index is 0.0818. The number of phenols is 1. The highest BCUT2D eigenvalue weighted by atomic mass is 32.2. The van der Waals surface area contributed by atoms with Crippen molar-refractivity contribution in [3.05, 3.63) is 39.7 Å². The van der Waals surface area contributed by atoms with Gasteiger partial charge in [-0.25, -0.2) is 4.79 Å². The predicted molar refractivity (Wildman–Crippen MR) is 116 cm³/mol. The van der Waals surface area contributed by atoms with Crippen molar-refractivity contribution < 1.29 is 22.7 Å². The topological polar surface area (TPSA) is 104 Å². The fourth-order valence-electron chi connectivity index (χ4n) is 4.39. The summed E-state index contributed by atoms with van der Waals surface area (Å²) in [6.07, 6.45) is -0.249. The molecular formula is C21H29N3O6S. The Morgan fingerprint density at radius 2 is 1.71 bits per heavy atom. The molecule has 2 unspecified atom stereocenters. The lowest BCUT2D eigenvalue weighted by molar-refractivity contribution is -0.0457. The molecule has 1 aromatic carbocycles. The lowest BCUT2D eigenvalue weighted by Crippen LogP contribution is -2.57. The number of phenolic OH excluding ortho intramolecular Hbond substituents is 1. The van der Waals surface area contributed by atoms with Crippen LogP contribution in [0.1, 0.15) is 25.0 Å². The molecule has 170 valence electrons. The number of hydrogen-bond donors (Lipinski definition) is 1. The van der Waals surface area contributed by atoms with E-state index >= 15 is 0 Å². The number of rotatable bonds is 4. The molecule has 0 radical (unpaired) electrons. The fourth-order valence-corrected chi connectivity index (χ4v) is 6.14. The first kappa shape index (κ1) is 22.2. The average molecular weight is 452 g/mol. The van der Waals surface area contributed by atoms with Gasteiger partial charge in [-0.1, -0.05) is 0 Å². The van der Waals surface area contributed by atoms with Gasteiger partial charge < -0.3 is 14.3 Å². The molecule has 2 aliphatic rings. The van der Waals surface area contributed by atoms with Crippen LogP contribution in [0.15, 0.2) is 27.4 Å². The van der Waals surface area contributed by atoms with Gasteiger partial charge in [0, 0.05) is 62.8 Å². The van der Waals surface area contributed by atoms with Crippen molar-refractivity contribution in [3.8, 4) is 5.75 Å². The molecule has 2 aromatic rings. The summed E-state index contributed by atoms with van der Waals surface area (Å²) in [4.78, 5) is 14.2. The number of fused-ring (bicyclic) bond motifs is 1. The molecule has 1 N–H and O–H groups in total. The summed E-state index contributed by atoms with van der Waals surface area (Å²) in [6.45, 7) is 8.63. The Labute approximate surface area is 182 Å². The minimum atomic E-state index is -3.53. The van der Waals surface area contributed by atoms with Crippen LogP contribution in [0.5, 0.6) is 5.75 Å². The van der Waals surface area contributed by atoms with Crippen LogP contribution in [-0.2, 0) is 21.5 Å². The van der Waals surface area contributed by atoms with Gasteiger partial charge in [0.05, 0.1) is 12.2 Å². The van der Waals surface area contributed by atoms with Crippen LogP contribution in [0.25, 0.3) is 11.0 Å². The number of piperazine rings is 1. The van der Waals surface area contributed by atoms with E-state index in [9.17, 15) is 18.3 Å². The lowest BCUT2D eigenvalue weighted by Gasteiger charge is -2.40. The Bertz CT molecular complexity index is 1110. The average Bonchev–Trinajstić information content (AvgIpc) is 2.71. The molecule has 9 nitrogen and oxygen atoms in total. The van der Waals surface area contributed by atoms with Crippen LogP contribution >= 0.6 is 0 Å². The summed E-state index contributed by atoms with van der Waals surface area (Å²) < 4.78 is 40.2. The Morgan fingerprint density at radius 3 is 2.35 bits per heavy atom. The summed E-state index contributed by atoms with van der Waals surface area (Å²) in [5.41, 5.74) is 1.26. The number of hydrogen-bond acceptors (Lipinski definition) is 7. The number of aromatic hydroxyl groups is 1. The van der Waals surface area contributed by atoms with E-state index in [2.05, 4.69) is 4.90 Å². The van der Waals surface area contributed by atoms with Gasteiger partial charge in [0.1, 0.15) is 11.3 Å². The molecule has 3 heterocycles. The van der Waals surface area contributed by atoms with Gasteiger partial charge in [0.2, 0.25) is 0 Å². The molecule has 0 bridgehead atoms. The van der Waals surface area contributed by atoms with Gasteiger partial charge >= 0.3 is 5.63 Å². The molecule has 0 spiro atoms. The van der Waals surface area contributed by atoms with Crippen molar-refractivity contribution in [2.75, 3.05) is 39.3 Å². The molecule has 0 amide bonds. The molecule has 2 aliphatic heterocycles. The van der Waals surface area contributed by atoms with Crippen LogP contribution < -0.4 is 5.63 Å². The smallest absolute Gasteiger partial charge is 0.336 e. The molecule has 2 atom stereocenters. The van der Waals surface area contributed by atoms with Crippen LogP contribution in [0, 0.1) is 6.92 Å². The molecule has 4 rings (SSSR count). The van der Waals surface area contributed by atoms with Crippen molar-refractivity contribution in [1.29, 1.82) is 0 Å². The summed E-state index contributed by atoms with van der Waals surface area (Å²) in [6, 6.07) is 4.81. The van der Waals surface area contributed by atoms with Gasteiger partial charge in [-0.05, 0) is 38.5 Å². The Morgan fingerprint density at radius 1 is 1.06 bits per heavy atom. The first-order valence-electron chi connectivity index (χ1n) is 10.5. The number of nitrogens with zero attached hydrogens (tertiary/aromatic N) is 3. The highest BCUT2D eigenvalue weighted by molar-refractivity contribution is 7.86. The van der Waals surface area contributed by atoms with Crippen molar-refractivity contribution in [2.24, 2.45) is 0 Å². The van der Waals surface area contributed by atoms with Crippen LogP contribution in [0.3, 0.4) is 0 Å². The zero-order valence-electron chi connectivity index (χ0n) is 18.1. The molecule has 2 saturated heterocycles. The number of aryl methyl sites for hydroxylation is 1. The van der Waals surface area contributed by atoms with Gasteiger partial charge in [0.25, 0.3) is 10.2 Å². The molecular weight excluding hydrogens is 422 g/mol. The van der Waals surface area contributed by atoms with E-state index in [-0.39, 0.29) is 18.0 Å². The first-order chi connectivity index (χ1) is 14.6. The van der Waals surface area contributed by atoms with E-state index in [0.29, 0.717) is 57.0 Å². The largest absolute Gasteiger partial charge is 0.508 e. The van der Waals surface area contributed by atoms with Crippen LogP contribution in [0.2, 0.25) is 0 Å². The van der Waals surface area contributed by atoms with E-state index in [1.54, 1.807) is 19.1 Å². The maximum absolute atomic E-state index is 13.1. The maximum Gasteiger partial charge on any atom is 0.336 e. The molecule has 1 aromatic heterocycles. The van der Waals surface area contributed by atoms with E-state index < -0.39 is 15.8 Å². The molecule has 2 fully saturated rings. The monoisotopic (exact) mass is 451 g/mol. The zero-order valence-corrected chi connectivity index (χ0v) is 18.9. The number of ether oxygens (including phenoxy) is 1. The molecule has 0 saturated carbocycles. The predicted octanol–water partition coefficient (Wildman–Crippen LogP) is 1.28. The molecule has 0 aliphatic carbocycles. The number of morpholine rings is 1. The number of benzene rings is 1. The fraction of sp³-hybridized carbons (Fsp3) is 0.571. The van der Waals surface area contributed by atoms with Crippen molar-refractivity contribution >= 4 is 21.2 Å². The Hall–Kier alpha value is -1.98. The maximum atomic E-state index is 13.1. The van der Waals surface area contributed by atoms with Gasteiger partial charge in [-0.2, -0.15) is 17.0 Å². The molecule has 10 heteroatoms.